The predicted molar refractivity (Wildman–Crippen MR) is 86.6 cm³/mol. The van der Waals surface area contributed by atoms with Crippen molar-refractivity contribution in [2.24, 2.45) is 0 Å². The number of hydrogen-bond acceptors (Lipinski definition) is 3. The van der Waals surface area contributed by atoms with Gasteiger partial charge in [0.15, 0.2) is 0 Å². The number of aryl methyl sites for hydroxylation is 1. The van der Waals surface area contributed by atoms with E-state index in [1.54, 1.807) is 18.5 Å². The lowest BCUT2D eigenvalue weighted by molar-refractivity contribution is 0.0627. The number of rotatable bonds is 3. The molecule has 4 nitrogen and oxygen atoms in total. The van der Waals surface area contributed by atoms with Crippen molar-refractivity contribution in [1.29, 1.82) is 0 Å². The topological polar surface area (TPSA) is 36.4 Å². The first-order valence-corrected chi connectivity index (χ1v) is 7.80. The van der Waals surface area contributed by atoms with Crippen LogP contribution in [0.1, 0.15) is 21.5 Å². The summed E-state index contributed by atoms with van der Waals surface area (Å²) in [6.07, 6.45) is 3.59. The molecule has 3 rings (SSSR count). The van der Waals surface area contributed by atoms with Crippen LogP contribution >= 0.6 is 0 Å². The van der Waals surface area contributed by atoms with Gasteiger partial charge in [0.1, 0.15) is 5.82 Å². The summed E-state index contributed by atoms with van der Waals surface area (Å²) >= 11 is 0. The summed E-state index contributed by atoms with van der Waals surface area (Å²) in [6, 6.07) is 8.39. The highest BCUT2D eigenvalue weighted by atomic mass is 19.1. The van der Waals surface area contributed by atoms with E-state index < -0.39 is 0 Å². The van der Waals surface area contributed by atoms with E-state index in [4.69, 9.17) is 0 Å². The molecule has 120 valence electrons. The molecule has 1 amide bonds. The summed E-state index contributed by atoms with van der Waals surface area (Å²) in [5.74, 6) is -0.444. The van der Waals surface area contributed by atoms with Crippen LogP contribution < -0.4 is 0 Å². The van der Waals surface area contributed by atoms with E-state index in [0.717, 1.165) is 25.2 Å². The zero-order chi connectivity index (χ0) is 16.2. The van der Waals surface area contributed by atoms with Crippen molar-refractivity contribution in [3.63, 3.8) is 0 Å². The smallest absolute Gasteiger partial charge is 0.254 e. The standard InChI is InChI=1S/C18H20FN3O/c1-14-2-3-16(19)12-17(14)18(23)22-10-8-21(9-11-22)13-15-4-6-20-7-5-15/h2-7,12H,8-11,13H2,1H3. The molecule has 0 unspecified atom stereocenters. The van der Waals surface area contributed by atoms with Crippen molar-refractivity contribution in [3.8, 4) is 0 Å². The molecular weight excluding hydrogens is 293 g/mol. The number of carbonyl (C=O) groups is 1. The Morgan fingerprint density at radius 2 is 1.83 bits per heavy atom. The van der Waals surface area contributed by atoms with Gasteiger partial charge in [0.05, 0.1) is 0 Å². The number of benzene rings is 1. The normalized spacial score (nSPS) is 15.7. The van der Waals surface area contributed by atoms with Gasteiger partial charge in [0.25, 0.3) is 5.91 Å². The number of piperazine rings is 1. The molecule has 2 heterocycles. The number of nitrogens with zero attached hydrogens (tertiary/aromatic N) is 3. The van der Waals surface area contributed by atoms with Crippen molar-refractivity contribution in [2.45, 2.75) is 13.5 Å². The second-order valence-corrected chi connectivity index (χ2v) is 5.88. The molecule has 1 aromatic carbocycles. The Kier molecular flexibility index (Phi) is 4.67. The second kappa shape index (κ2) is 6.87. The summed E-state index contributed by atoms with van der Waals surface area (Å²) in [6.45, 7) is 5.68. The first kappa shape index (κ1) is 15.6. The van der Waals surface area contributed by atoms with E-state index in [0.29, 0.717) is 18.7 Å². The Hall–Kier alpha value is -2.27. The van der Waals surface area contributed by atoms with Crippen LogP contribution in [0.4, 0.5) is 4.39 Å². The van der Waals surface area contributed by atoms with E-state index in [1.807, 2.05) is 24.0 Å². The van der Waals surface area contributed by atoms with Gasteiger partial charge in [0.2, 0.25) is 0 Å². The minimum Gasteiger partial charge on any atom is -0.336 e. The lowest BCUT2D eigenvalue weighted by atomic mass is 10.1. The molecule has 1 aliphatic rings. The highest BCUT2D eigenvalue weighted by Gasteiger charge is 2.23. The molecule has 0 spiro atoms. The lowest BCUT2D eigenvalue weighted by Gasteiger charge is -2.35. The number of hydrogen-bond donors (Lipinski definition) is 0. The minimum atomic E-state index is -0.365. The minimum absolute atomic E-state index is 0.0782. The van der Waals surface area contributed by atoms with E-state index >= 15 is 0 Å². The molecule has 0 bridgehead atoms. The zero-order valence-electron chi connectivity index (χ0n) is 13.2. The van der Waals surface area contributed by atoms with E-state index in [1.165, 1.54) is 17.7 Å². The molecule has 0 saturated carbocycles. The van der Waals surface area contributed by atoms with Crippen LogP contribution in [0.5, 0.6) is 0 Å². The van der Waals surface area contributed by atoms with Crippen LogP contribution in [-0.2, 0) is 6.54 Å². The van der Waals surface area contributed by atoms with Crippen LogP contribution in [0.25, 0.3) is 0 Å². The number of aromatic nitrogens is 1. The number of amides is 1. The van der Waals surface area contributed by atoms with Crippen molar-refractivity contribution in [1.82, 2.24) is 14.8 Å². The quantitative estimate of drug-likeness (QED) is 0.873. The molecule has 0 aliphatic carbocycles. The number of halogens is 1. The van der Waals surface area contributed by atoms with Crippen molar-refractivity contribution in [2.75, 3.05) is 26.2 Å². The van der Waals surface area contributed by atoms with Crippen LogP contribution in [0.2, 0.25) is 0 Å². The molecule has 0 atom stereocenters. The van der Waals surface area contributed by atoms with Gasteiger partial charge in [-0.15, -0.1) is 0 Å². The van der Waals surface area contributed by atoms with Gasteiger partial charge >= 0.3 is 0 Å². The first-order valence-electron chi connectivity index (χ1n) is 7.80. The van der Waals surface area contributed by atoms with Crippen LogP contribution in [0, 0.1) is 12.7 Å². The fourth-order valence-corrected chi connectivity index (χ4v) is 2.85. The molecule has 0 N–H and O–H groups in total. The van der Waals surface area contributed by atoms with Gasteiger partial charge < -0.3 is 4.90 Å². The van der Waals surface area contributed by atoms with Crippen molar-refractivity contribution < 1.29 is 9.18 Å². The predicted octanol–water partition coefficient (Wildman–Crippen LogP) is 2.49. The summed E-state index contributed by atoms with van der Waals surface area (Å²) in [7, 11) is 0. The third kappa shape index (κ3) is 3.74. The zero-order valence-corrected chi connectivity index (χ0v) is 13.2. The Bertz CT molecular complexity index is 682. The van der Waals surface area contributed by atoms with Gasteiger partial charge in [-0.3, -0.25) is 14.7 Å². The SMILES string of the molecule is Cc1ccc(F)cc1C(=O)N1CCN(Cc2ccncc2)CC1. The maximum Gasteiger partial charge on any atom is 0.254 e. The Morgan fingerprint density at radius 1 is 1.13 bits per heavy atom. The number of pyridine rings is 1. The van der Waals surface area contributed by atoms with Gasteiger partial charge in [-0.1, -0.05) is 6.07 Å². The molecule has 1 aromatic heterocycles. The largest absolute Gasteiger partial charge is 0.336 e. The van der Waals surface area contributed by atoms with Crippen molar-refractivity contribution in [3.05, 3.63) is 65.2 Å². The molecule has 1 aliphatic heterocycles. The van der Waals surface area contributed by atoms with Crippen LogP contribution in [0.3, 0.4) is 0 Å². The maximum atomic E-state index is 13.4. The molecule has 1 saturated heterocycles. The third-order valence-corrected chi connectivity index (χ3v) is 4.25. The molecular formula is C18H20FN3O. The van der Waals surface area contributed by atoms with E-state index in [2.05, 4.69) is 9.88 Å². The molecule has 23 heavy (non-hydrogen) atoms. The first-order chi connectivity index (χ1) is 11.1. The molecule has 5 heteroatoms. The van der Waals surface area contributed by atoms with Gasteiger partial charge in [-0.25, -0.2) is 4.39 Å². The lowest BCUT2D eigenvalue weighted by Crippen LogP contribution is -2.48. The third-order valence-electron chi connectivity index (χ3n) is 4.25. The molecule has 1 fully saturated rings. The second-order valence-electron chi connectivity index (χ2n) is 5.88. The monoisotopic (exact) mass is 313 g/mol. The van der Waals surface area contributed by atoms with E-state index in [-0.39, 0.29) is 11.7 Å². The van der Waals surface area contributed by atoms with E-state index in [9.17, 15) is 9.18 Å². The van der Waals surface area contributed by atoms with Crippen LogP contribution in [-0.4, -0.2) is 46.9 Å². The Labute approximate surface area is 135 Å². The average molecular weight is 313 g/mol. The van der Waals surface area contributed by atoms with Gasteiger partial charge in [0, 0.05) is 50.7 Å². The highest BCUT2D eigenvalue weighted by molar-refractivity contribution is 5.95. The fraction of sp³-hybridized carbons (Fsp3) is 0.333. The fourth-order valence-electron chi connectivity index (χ4n) is 2.85. The van der Waals surface area contributed by atoms with Crippen molar-refractivity contribution >= 4 is 5.91 Å². The van der Waals surface area contributed by atoms with Crippen LogP contribution in [0.15, 0.2) is 42.7 Å². The van der Waals surface area contributed by atoms with Gasteiger partial charge in [-0.05, 0) is 42.3 Å². The summed E-state index contributed by atoms with van der Waals surface area (Å²) in [4.78, 5) is 20.7. The molecule has 0 radical (unpaired) electrons. The molecule has 2 aromatic rings. The number of carbonyl (C=O) groups excluding carboxylic acids is 1. The summed E-state index contributed by atoms with van der Waals surface area (Å²) < 4.78 is 13.4. The highest BCUT2D eigenvalue weighted by Crippen LogP contribution is 2.15. The maximum absolute atomic E-state index is 13.4. The van der Waals surface area contributed by atoms with Gasteiger partial charge in [-0.2, -0.15) is 0 Å². The Morgan fingerprint density at radius 3 is 2.52 bits per heavy atom. The summed E-state index contributed by atoms with van der Waals surface area (Å²) in [5.41, 5.74) is 2.50. The Balaban J connectivity index is 1.60. The average Bonchev–Trinajstić information content (AvgIpc) is 2.58. The summed E-state index contributed by atoms with van der Waals surface area (Å²) in [5, 5.41) is 0.